The van der Waals surface area contributed by atoms with E-state index in [1.54, 1.807) is 0 Å². The van der Waals surface area contributed by atoms with Gasteiger partial charge in [0.25, 0.3) is 0 Å². The fourth-order valence-corrected chi connectivity index (χ4v) is 6.60. The standard InChI is InChI=1S/C40H24BN3/c1-3-11-26(12-4-1)36-25-37(27-13-5-2-6-14-27)43-40(42-36)44-38-18-10-8-16-31(38)33-24-29(20-22-39(33)44)28-19-21-35-32(23-28)30-15-7-9-17-34(30)41-35/h1-7,9,11-25,41H. The number of hydrogen-bond donors (Lipinski definition) is 0. The Morgan fingerprint density at radius 2 is 1.11 bits per heavy atom. The molecule has 0 atom stereocenters. The summed E-state index contributed by atoms with van der Waals surface area (Å²) in [6, 6.07) is 55.4. The SMILES string of the molecule is B1c2ccccc2-c2cc(-c3ccc4c(c3)c3cc#ccc3n4-c3nc(-c4ccccc4)cc(-c4ccccc4)n3)ccc21. The van der Waals surface area contributed by atoms with Crippen molar-refractivity contribution < 1.29 is 0 Å². The summed E-state index contributed by atoms with van der Waals surface area (Å²) in [6.45, 7) is 0. The molecule has 0 aliphatic carbocycles. The van der Waals surface area contributed by atoms with E-state index in [4.69, 9.17) is 9.97 Å². The van der Waals surface area contributed by atoms with Gasteiger partial charge in [0.05, 0.1) is 22.4 Å². The minimum Gasteiger partial charge on any atom is -0.277 e. The molecule has 0 saturated carbocycles. The van der Waals surface area contributed by atoms with E-state index in [0.29, 0.717) is 5.95 Å². The zero-order chi connectivity index (χ0) is 29.0. The summed E-state index contributed by atoms with van der Waals surface area (Å²) < 4.78 is 2.16. The van der Waals surface area contributed by atoms with E-state index in [2.05, 4.69) is 108 Å². The van der Waals surface area contributed by atoms with E-state index in [1.165, 1.54) is 33.2 Å². The van der Waals surface area contributed by atoms with Gasteiger partial charge in [-0.3, -0.25) is 4.57 Å². The van der Waals surface area contributed by atoms with Crippen LogP contribution in [0, 0.1) is 12.1 Å². The van der Waals surface area contributed by atoms with Crippen molar-refractivity contribution >= 4 is 40.0 Å². The summed E-state index contributed by atoms with van der Waals surface area (Å²) in [5, 5.41) is 2.24. The second-order valence-corrected chi connectivity index (χ2v) is 11.3. The van der Waals surface area contributed by atoms with Crippen LogP contribution in [0.3, 0.4) is 0 Å². The van der Waals surface area contributed by atoms with Gasteiger partial charge in [-0.05, 0) is 52.6 Å². The molecule has 0 amide bonds. The molecule has 9 rings (SSSR count). The molecular weight excluding hydrogens is 533 g/mol. The van der Waals surface area contributed by atoms with Gasteiger partial charge in [-0.25, -0.2) is 9.97 Å². The normalized spacial score (nSPS) is 11.6. The number of aromatic nitrogens is 3. The van der Waals surface area contributed by atoms with E-state index in [-0.39, 0.29) is 0 Å². The zero-order valence-electron chi connectivity index (χ0n) is 23.8. The lowest BCUT2D eigenvalue weighted by molar-refractivity contribution is 0.996. The zero-order valence-corrected chi connectivity index (χ0v) is 23.8. The van der Waals surface area contributed by atoms with Crippen LogP contribution in [0.5, 0.6) is 0 Å². The predicted octanol–water partition coefficient (Wildman–Crippen LogP) is 7.54. The molecule has 8 aromatic rings. The molecule has 6 aromatic carbocycles. The van der Waals surface area contributed by atoms with Crippen LogP contribution >= 0.6 is 0 Å². The minimum absolute atomic E-state index is 0.631. The lowest BCUT2D eigenvalue weighted by Crippen LogP contribution is -2.20. The molecule has 202 valence electrons. The Kier molecular flexibility index (Phi) is 5.51. The summed E-state index contributed by atoms with van der Waals surface area (Å²) in [5.41, 5.74) is 13.8. The summed E-state index contributed by atoms with van der Waals surface area (Å²) in [6.07, 6.45) is 0. The van der Waals surface area contributed by atoms with Gasteiger partial charge in [-0.15, -0.1) is 0 Å². The van der Waals surface area contributed by atoms with E-state index in [9.17, 15) is 0 Å². The van der Waals surface area contributed by atoms with E-state index < -0.39 is 0 Å². The van der Waals surface area contributed by atoms with Crippen molar-refractivity contribution in [2.45, 2.75) is 0 Å². The van der Waals surface area contributed by atoms with Crippen LogP contribution in [0.1, 0.15) is 0 Å². The molecule has 3 heterocycles. The van der Waals surface area contributed by atoms with Crippen LogP contribution in [-0.2, 0) is 0 Å². The molecule has 4 heteroatoms. The maximum Gasteiger partial charge on any atom is 0.235 e. The molecule has 44 heavy (non-hydrogen) atoms. The van der Waals surface area contributed by atoms with E-state index in [0.717, 1.165) is 51.6 Å². The average molecular weight is 557 g/mol. The second kappa shape index (κ2) is 9.83. The Balaban J connectivity index is 1.25. The van der Waals surface area contributed by atoms with Gasteiger partial charge in [0.2, 0.25) is 5.95 Å². The first-order valence-corrected chi connectivity index (χ1v) is 14.9. The topological polar surface area (TPSA) is 30.7 Å². The Labute approximate surface area is 256 Å². The summed E-state index contributed by atoms with van der Waals surface area (Å²) >= 11 is 0. The first kappa shape index (κ1) is 24.7. The molecule has 0 saturated heterocycles. The molecule has 1 aliphatic heterocycles. The molecule has 2 aromatic heterocycles. The van der Waals surface area contributed by atoms with Crippen molar-refractivity contribution in [3.05, 3.63) is 152 Å². The maximum atomic E-state index is 5.14. The molecule has 0 radical (unpaired) electrons. The quantitative estimate of drug-likeness (QED) is 0.209. The van der Waals surface area contributed by atoms with Gasteiger partial charge in [0.1, 0.15) is 0 Å². The Morgan fingerprint density at radius 3 is 1.89 bits per heavy atom. The number of benzene rings is 5. The van der Waals surface area contributed by atoms with Crippen molar-refractivity contribution in [3.8, 4) is 50.7 Å². The molecule has 1 aliphatic rings. The second-order valence-electron chi connectivity index (χ2n) is 11.3. The van der Waals surface area contributed by atoms with Gasteiger partial charge in [-0.1, -0.05) is 126 Å². The molecule has 0 bridgehead atoms. The lowest BCUT2D eigenvalue weighted by atomic mass is 9.68. The Morgan fingerprint density at radius 1 is 0.477 bits per heavy atom. The largest absolute Gasteiger partial charge is 0.277 e. The predicted molar refractivity (Wildman–Crippen MR) is 182 cm³/mol. The van der Waals surface area contributed by atoms with E-state index >= 15 is 0 Å². The number of hydrogen-bond acceptors (Lipinski definition) is 2. The van der Waals surface area contributed by atoms with Crippen LogP contribution in [0.2, 0.25) is 0 Å². The van der Waals surface area contributed by atoms with E-state index in [1.807, 2.05) is 48.5 Å². The fourth-order valence-electron chi connectivity index (χ4n) is 6.60. The van der Waals surface area contributed by atoms with Gasteiger partial charge in [0, 0.05) is 28.0 Å². The minimum atomic E-state index is 0.631. The number of fused-ring (bicyclic) bond motifs is 6. The third kappa shape index (κ3) is 3.95. The van der Waals surface area contributed by atoms with Crippen molar-refractivity contribution in [1.82, 2.24) is 14.5 Å². The van der Waals surface area contributed by atoms with Gasteiger partial charge in [0.15, 0.2) is 7.28 Å². The van der Waals surface area contributed by atoms with Crippen LogP contribution < -0.4 is 10.9 Å². The third-order valence-electron chi connectivity index (χ3n) is 8.74. The first-order valence-electron chi connectivity index (χ1n) is 14.9. The van der Waals surface area contributed by atoms with Gasteiger partial charge < -0.3 is 0 Å². The van der Waals surface area contributed by atoms with Crippen molar-refractivity contribution in [2.75, 3.05) is 0 Å². The molecular formula is C40H24BN3. The summed E-state index contributed by atoms with van der Waals surface area (Å²) in [5.74, 6) is 0.631. The van der Waals surface area contributed by atoms with Crippen molar-refractivity contribution in [1.29, 1.82) is 0 Å². The highest BCUT2D eigenvalue weighted by Crippen LogP contribution is 2.36. The third-order valence-corrected chi connectivity index (χ3v) is 8.74. The molecule has 0 spiro atoms. The summed E-state index contributed by atoms with van der Waals surface area (Å²) in [4.78, 5) is 10.3. The molecule has 3 nitrogen and oxygen atoms in total. The molecule has 0 unspecified atom stereocenters. The Bertz CT molecular complexity index is 2300. The highest BCUT2D eigenvalue weighted by Gasteiger charge is 2.21. The van der Waals surface area contributed by atoms with Crippen molar-refractivity contribution in [2.24, 2.45) is 0 Å². The maximum absolute atomic E-state index is 5.14. The van der Waals surface area contributed by atoms with Crippen LogP contribution in [0.25, 0.3) is 72.5 Å². The van der Waals surface area contributed by atoms with Crippen LogP contribution in [0.4, 0.5) is 0 Å². The van der Waals surface area contributed by atoms with Gasteiger partial charge in [-0.2, -0.15) is 0 Å². The number of rotatable bonds is 4. The fraction of sp³-hybridized carbons (Fsp3) is 0. The smallest absolute Gasteiger partial charge is 0.235 e. The lowest BCUT2D eigenvalue weighted by Gasteiger charge is -2.12. The average Bonchev–Trinajstić information content (AvgIpc) is 3.64. The highest BCUT2D eigenvalue weighted by atomic mass is 15.2. The number of nitrogens with zero attached hydrogens (tertiary/aromatic N) is 3. The van der Waals surface area contributed by atoms with Crippen molar-refractivity contribution in [3.63, 3.8) is 0 Å². The Hall–Kier alpha value is -5.92. The first-order chi connectivity index (χ1) is 21.8. The molecule has 0 N–H and O–H groups in total. The van der Waals surface area contributed by atoms with Crippen LogP contribution in [0.15, 0.2) is 140 Å². The molecule has 0 fully saturated rings. The highest BCUT2D eigenvalue weighted by molar-refractivity contribution is 6.73. The monoisotopic (exact) mass is 557 g/mol. The van der Waals surface area contributed by atoms with Crippen LogP contribution in [-0.4, -0.2) is 21.8 Å². The summed E-state index contributed by atoms with van der Waals surface area (Å²) in [7, 11) is 0.998. The van der Waals surface area contributed by atoms with Gasteiger partial charge >= 0.3 is 0 Å².